The summed E-state index contributed by atoms with van der Waals surface area (Å²) in [6.07, 6.45) is -4.40. The molecule has 2 aromatic rings. The number of aromatic nitrogens is 2. The summed E-state index contributed by atoms with van der Waals surface area (Å²) in [4.78, 5) is 11.5. The van der Waals surface area contributed by atoms with Crippen LogP contribution in [0.3, 0.4) is 0 Å². The second kappa shape index (κ2) is 4.54. The Labute approximate surface area is 114 Å². The second-order valence-electron chi connectivity index (χ2n) is 5.59. The maximum absolute atomic E-state index is 12.7. The van der Waals surface area contributed by atoms with Crippen LogP contribution in [-0.2, 0) is 11.7 Å². The minimum atomic E-state index is -4.40. The summed E-state index contributed by atoms with van der Waals surface area (Å²) < 4.78 is 39.8. The highest BCUT2D eigenvalue weighted by molar-refractivity contribution is 5.60. The van der Waals surface area contributed by atoms with E-state index in [0.29, 0.717) is 11.3 Å². The van der Waals surface area contributed by atoms with Crippen LogP contribution in [0.4, 0.5) is 13.2 Å². The number of halogens is 3. The van der Waals surface area contributed by atoms with Crippen LogP contribution in [0.2, 0.25) is 0 Å². The molecule has 108 valence electrons. The molecule has 1 aromatic heterocycles. The van der Waals surface area contributed by atoms with Crippen molar-refractivity contribution >= 4 is 0 Å². The fourth-order valence-corrected chi connectivity index (χ4v) is 1.99. The van der Waals surface area contributed by atoms with Crippen LogP contribution < -0.4 is 5.56 Å². The first-order valence-corrected chi connectivity index (χ1v) is 6.09. The Morgan fingerprint density at radius 3 is 2.30 bits per heavy atom. The lowest BCUT2D eigenvalue weighted by Crippen LogP contribution is -2.25. The number of nitrogens with one attached hydrogen (secondary N) is 1. The number of nitrogens with zero attached hydrogens (tertiary/aromatic N) is 1. The first-order chi connectivity index (χ1) is 9.09. The van der Waals surface area contributed by atoms with Gasteiger partial charge in [-0.05, 0) is 32.9 Å². The third-order valence-electron chi connectivity index (χ3n) is 2.89. The summed E-state index contributed by atoms with van der Waals surface area (Å²) in [6.45, 7) is 5.58. The average Bonchev–Trinajstić information content (AvgIpc) is 2.70. The molecule has 0 saturated carbocycles. The number of hydrogen-bond acceptors (Lipinski definition) is 1. The van der Waals surface area contributed by atoms with E-state index < -0.39 is 17.3 Å². The normalized spacial score (nSPS) is 12.7. The smallest absolute Gasteiger partial charge is 0.279 e. The van der Waals surface area contributed by atoms with Crippen LogP contribution in [0.5, 0.6) is 0 Å². The number of rotatable bonds is 1. The molecule has 0 bridgehead atoms. The fraction of sp³-hybridized carbons (Fsp3) is 0.357. The Hall–Kier alpha value is -1.98. The molecule has 0 aliphatic rings. The first kappa shape index (κ1) is 14.4. The topological polar surface area (TPSA) is 37.8 Å². The molecule has 6 heteroatoms. The standard InChI is InChI=1S/C14H15F3N2O/c1-13(2,3)19-11(8-12(20)18-19)9-5-4-6-10(7-9)14(15,16)17/h4-8H,1-3H3,(H,18,20). The van der Waals surface area contributed by atoms with Gasteiger partial charge in [-0.1, -0.05) is 12.1 Å². The van der Waals surface area contributed by atoms with Crippen LogP contribution in [-0.4, -0.2) is 9.78 Å². The highest BCUT2D eigenvalue weighted by atomic mass is 19.4. The molecule has 1 aromatic carbocycles. The molecule has 0 saturated heterocycles. The van der Waals surface area contributed by atoms with E-state index in [2.05, 4.69) is 5.10 Å². The highest BCUT2D eigenvalue weighted by Gasteiger charge is 2.31. The van der Waals surface area contributed by atoms with Gasteiger partial charge in [-0.2, -0.15) is 13.2 Å². The van der Waals surface area contributed by atoms with E-state index in [0.717, 1.165) is 12.1 Å². The third kappa shape index (κ3) is 2.79. The zero-order valence-electron chi connectivity index (χ0n) is 11.4. The molecule has 0 radical (unpaired) electrons. The summed E-state index contributed by atoms with van der Waals surface area (Å²) in [5.74, 6) is 0. The molecule has 2 rings (SSSR count). The molecule has 1 heterocycles. The molecule has 0 aliphatic heterocycles. The Morgan fingerprint density at radius 1 is 1.10 bits per heavy atom. The van der Waals surface area contributed by atoms with Crippen molar-refractivity contribution in [2.24, 2.45) is 0 Å². The van der Waals surface area contributed by atoms with Crippen molar-refractivity contribution in [1.82, 2.24) is 9.78 Å². The monoisotopic (exact) mass is 284 g/mol. The molecule has 0 unspecified atom stereocenters. The SMILES string of the molecule is CC(C)(C)n1[nH]c(=O)cc1-c1cccc(C(F)(F)F)c1. The van der Waals surface area contributed by atoms with E-state index in [9.17, 15) is 18.0 Å². The zero-order valence-corrected chi connectivity index (χ0v) is 11.4. The van der Waals surface area contributed by atoms with Gasteiger partial charge in [-0.25, -0.2) is 0 Å². The fourth-order valence-electron chi connectivity index (χ4n) is 1.99. The first-order valence-electron chi connectivity index (χ1n) is 6.09. The van der Waals surface area contributed by atoms with E-state index in [1.165, 1.54) is 12.1 Å². The lowest BCUT2D eigenvalue weighted by molar-refractivity contribution is -0.137. The molecule has 0 amide bonds. The molecule has 0 fully saturated rings. The van der Waals surface area contributed by atoms with E-state index in [1.807, 2.05) is 20.8 Å². The van der Waals surface area contributed by atoms with Gasteiger partial charge in [0, 0.05) is 11.6 Å². The average molecular weight is 284 g/mol. The van der Waals surface area contributed by atoms with Crippen LogP contribution in [0.15, 0.2) is 35.1 Å². The van der Waals surface area contributed by atoms with Crippen LogP contribution in [0.25, 0.3) is 11.3 Å². The highest BCUT2D eigenvalue weighted by Crippen LogP contribution is 2.32. The van der Waals surface area contributed by atoms with Crippen LogP contribution >= 0.6 is 0 Å². The number of alkyl halides is 3. The molecule has 20 heavy (non-hydrogen) atoms. The van der Waals surface area contributed by atoms with E-state index in [-0.39, 0.29) is 5.56 Å². The zero-order chi connectivity index (χ0) is 15.1. The van der Waals surface area contributed by atoms with Crippen molar-refractivity contribution in [1.29, 1.82) is 0 Å². The molecule has 0 atom stereocenters. The van der Waals surface area contributed by atoms with Gasteiger partial charge < -0.3 is 0 Å². The lowest BCUT2D eigenvalue weighted by atomic mass is 10.0. The van der Waals surface area contributed by atoms with E-state index >= 15 is 0 Å². The molecular weight excluding hydrogens is 269 g/mol. The van der Waals surface area contributed by atoms with Gasteiger partial charge >= 0.3 is 6.18 Å². The molecule has 3 nitrogen and oxygen atoms in total. The van der Waals surface area contributed by atoms with Gasteiger partial charge in [0.15, 0.2) is 0 Å². The van der Waals surface area contributed by atoms with Gasteiger partial charge in [-0.3, -0.25) is 14.6 Å². The number of aromatic amines is 1. The Bertz CT molecular complexity index is 675. The van der Waals surface area contributed by atoms with E-state index in [4.69, 9.17) is 0 Å². The Kier molecular flexibility index (Phi) is 3.28. The van der Waals surface area contributed by atoms with Gasteiger partial charge in [0.25, 0.3) is 5.56 Å². The second-order valence-corrected chi connectivity index (χ2v) is 5.59. The van der Waals surface area contributed by atoms with E-state index in [1.54, 1.807) is 10.7 Å². The van der Waals surface area contributed by atoms with Crippen molar-refractivity contribution in [2.45, 2.75) is 32.5 Å². The predicted molar refractivity (Wildman–Crippen MR) is 70.5 cm³/mol. The Morgan fingerprint density at radius 2 is 1.75 bits per heavy atom. The summed E-state index contributed by atoms with van der Waals surface area (Å²) in [6, 6.07) is 6.25. The maximum atomic E-state index is 12.7. The van der Waals surface area contributed by atoms with Gasteiger partial charge in [0.05, 0.1) is 16.8 Å². The minimum Gasteiger partial charge on any atom is -0.279 e. The summed E-state index contributed by atoms with van der Waals surface area (Å²) in [5.41, 5.74) is -0.718. The summed E-state index contributed by atoms with van der Waals surface area (Å²) in [5, 5.41) is 2.62. The number of hydrogen-bond donors (Lipinski definition) is 1. The maximum Gasteiger partial charge on any atom is 0.416 e. The number of H-pyrrole nitrogens is 1. The summed E-state index contributed by atoms with van der Waals surface area (Å²) in [7, 11) is 0. The Balaban J connectivity index is 2.61. The molecule has 1 N–H and O–H groups in total. The third-order valence-corrected chi connectivity index (χ3v) is 2.89. The molecule has 0 spiro atoms. The van der Waals surface area contributed by atoms with Crippen LogP contribution in [0, 0.1) is 0 Å². The van der Waals surface area contributed by atoms with Crippen molar-refractivity contribution in [3.05, 3.63) is 46.2 Å². The quantitative estimate of drug-likeness (QED) is 0.853. The van der Waals surface area contributed by atoms with Crippen molar-refractivity contribution in [2.75, 3.05) is 0 Å². The van der Waals surface area contributed by atoms with Crippen molar-refractivity contribution < 1.29 is 13.2 Å². The lowest BCUT2D eigenvalue weighted by Gasteiger charge is -2.23. The predicted octanol–water partition coefficient (Wildman–Crippen LogP) is 3.62. The van der Waals surface area contributed by atoms with Crippen molar-refractivity contribution in [3.63, 3.8) is 0 Å². The van der Waals surface area contributed by atoms with Gasteiger partial charge in [-0.15, -0.1) is 0 Å². The van der Waals surface area contributed by atoms with Crippen LogP contribution in [0.1, 0.15) is 26.3 Å². The van der Waals surface area contributed by atoms with Crippen molar-refractivity contribution in [3.8, 4) is 11.3 Å². The molecular formula is C14H15F3N2O. The van der Waals surface area contributed by atoms with Gasteiger partial charge in [0.2, 0.25) is 0 Å². The molecule has 0 aliphatic carbocycles. The minimum absolute atomic E-state index is 0.340. The summed E-state index contributed by atoms with van der Waals surface area (Å²) >= 11 is 0. The number of benzene rings is 1. The van der Waals surface area contributed by atoms with Gasteiger partial charge in [0.1, 0.15) is 0 Å². The largest absolute Gasteiger partial charge is 0.416 e.